The van der Waals surface area contributed by atoms with Gasteiger partial charge in [-0.3, -0.25) is 9.59 Å². The molecule has 10 nitrogen and oxygen atoms in total. The van der Waals surface area contributed by atoms with Crippen LogP contribution in [0.1, 0.15) is 58.4 Å². The second-order valence-electron chi connectivity index (χ2n) is 9.53. The number of rotatable bonds is 8. The smallest absolute Gasteiger partial charge is 0.426 e. The number of amides is 2. The minimum absolute atomic E-state index is 0.279. The van der Waals surface area contributed by atoms with Crippen LogP contribution in [0.5, 0.6) is 5.75 Å². The van der Waals surface area contributed by atoms with E-state index in [2.05, 4.69) is 10.7 Å². The number of ether oxygens (including phenoxy) is 2. The zero-order valence-corrected chi connectivity index (χ0v) is 21.9. The molecule has 0 aliphatic heterocycles. The van der Waals surface area contributed by atoms with Crippen LogP contribution in [-0.2, 0) is 17.9 Å². The Hall–Kier alpha value is -4.81. The summed E-state index contributed by atoms with van der Waals surface area (Å²) in [6.07, 6.45) is -1.11. The van der Waals surface area contributed by atoms with Gasteiger partial charge in [-0.25, -0.2) is 32.9 Å². The number of benzene rings is 2. The molecule has 1 heterocycles. The molecule has 0 saturated carbocycles. The van der Waals surface area contributed by atoms with Crippen molar-refractivity contribution in [1.29, 1.82) is 0 Å². The molecule has 0 atom stereocenters. The molecule has 40 heavy (non-hydrogen) atoms. The molecule has 0 fully saturated rings. The van der Waals surface area contributed by atoms with E-state index in [1.54, 1.807) is 51.1 Å². The first-order chi connectivity index (χ1) is 18.7. The quantitative estimate of drug-likeness (QED) is 0.374. The molecule has 0 spiro atoms. The fraction of sp³-hybridized carbons (Fsp3) is 0.259. The molecule has 0 unspecified atom stereocenters. The summed E-state index contributed by atoms with van der Waals surface area (Å²) in [5.74, 6) is -7.35. The molecular formula is C27H26F3N3O7. The van der Waals surface area contributed by atoms with Crippen LogP contribution in [0.4, 0.5) is 18.0 Å². The number of carboxylic acids is 1. The third-order valence-electron chi connectivity index (χ3n) is 5.36. The summed E-state index contributed by atoms with van der Waals surface area (Å²) in [4.78, 5) is 51.4. The summed E-state index contributed by atoms with van der Waals surface area (Å²) >= 11 is 0. The molecule has 13 heteroatoms. The lowest BCUT2D eigenvalue weighted by atomic mass is 10.1. The predicted molar refractivity (Wildman–Crippen MR) is 136 cm³/mol. The number of nitrogens with zero attached hydrogens (tertiary/aromatic N) is 1. The van der Waals surface area contributed by atoms with E-state index in [0.717, 1.165) is 0 Å². The molecule has 0 aliphatic carbocycles. The number of carbonyl (C=O) groups excluding carboxylic acids is 2. The van der Waals surface area contributed by atoms with Crippen LogP contribution in [0.2, 0.25) is 0 Å². The Balaban J connectivity index is 2.11. The number of hydrogen-bond donors (Lipinski definition) is 3. The van der Waals surface area contributed by atoms with E-state index in [1.165, 1.54) is 6.92 Å². The van der Waals surface area contributed by atoms with E-state index < -0.39 is 75.6 Å². The minimum Gasteiger partial charge on any atom is -0.482 e. The largest absolute Gasteiger partial charge is 0.482 e. The van der Waals surface area contributed by atoms with Crippen molar-refractivity contribution >= 4 is 18.0 Å². The number of halogens is 3. The van der Waals surface area contributed by atoms with Crippen molar-refractivity contribution in [2.75, 3.05) is 5.43 Å². The highest BCUT2D eigenvalue weighted by molar-refractivity contribution is 5.98. The van der Waals surface area contributed by atoms with Gasteiger partial charge in [0.1, 0.15) is 35.2 Å². The Labute approximate surface area is 226 Å². The molecule has 2 amide bonds. The van der Waals surface area contributed by atoms with Crippen LogP contribution < -0.4 is 20.9 Å². The average Bonchev–Trinajstić information content (AvgIpc) is 2.83. The number of nitrogens with one attached hydrogen (secondary N) is 2. The number of aromatic carboxylic acids is 1. The Morgan fingerprint density at radius 2 is 1.62 bits per heavy atom. The molecule has 3 rings (SSSR count). The van der Waals surface area contributed by atoms with Crippen LogP contribution in [0.15, 0.2) is 47.3 Å². The van der Waals surface area contributed by atoms with Gasteiger partial charge in [0.15, 0.2) is 5.69 Å². The lowest BCUT2D eigenvalue weighted by Crippen LogP contribution is -2.39. The summed E-state index contributed by atoms with van der Waals surface area (Å²) in [5.41, 5.74) is -1.93. The fourth-order valence-corrected chi connectivity index (χ4v) is 3.62. The van der Waals surface area contributed by atoms with Gasteiger partial charge in [-0.05, 0) is 33.3 Å². The topological polar surface area (TPSA) is 136 Å². The Morgan fingerprint density at radius 1 is 1.02 bits per heavy atom. The summed E-state index contributed by atoms with van der Waals surface area (Å²) in [6, 6.07) is 9.22. The SMILES string of the molecule is Cc1c(C(=O)NCc2c(F)cc(F)cc2F)c(=O)c(OCc2ccccc2)c(C(=O)O)n1NC(=O)OC(C)(C)C. The molecule has 0 aliphatic rings. The zero-order valence-electron chi connectivity index (χ0n) is 21.9. The third-order valence-corrected chi connectivity index (χ3v) is 5.36. The Kier molecular flexibility index (Phi) is 8.87. The van der Waals surface area contributed by atoms with Gasteiger partial charge >= 0.3 is 12.1 Å². The average molecular weight is 562 g/mol. The van der Waals surface area contributed by atoms with Crippen molar-refractivity contribution in [3.05, 3.63) is 98.2 Å². The summed E-state index contributed by atoms with van der Waals surface area (Å²) < 4.78 is 52.8. The molecule has 0 saturated heterocycles. The number of hydrogen-bond acceptors (Lipinski definition) is 6. The maximum atomic E-state index is 14.1. The van der Waals surface area contributed by atoms with Crippen LogP contribution >= 0.6 is 0 Å². The first kappa shape index (κ1) is 29.7. The first-order valence-electron chi connectivity index (χ1n) is 11.8. The summed E-state index contributed by atoms with van der Waals surface area (Å²) in [7, 11) is 0. The Bertz CT molecular complexity index is 1490. The molecule has 3 aromatic rings. The standard InChI is InChI=1S/C27H26F3N3O7/c1-14-20(24(35)31-12-17-18(29)10-16(28)11-19(17)30)22(34)23(39-13-15-8-6-5-7-9-15)21(25(36)37)33(14)32-26(38)40-27(2,3)4/h5-11H,12-13H2,1-4H3,(H,31,35)(H,32,38)(H,36,37). The van der Waals surface area contributed by atoms with Crippen LogP contribution in [-0.4, -0.2) is 33.4 Å². The molecule has 212 valence electrons. The van der Waals surface area contributed by atoms with Gasteiger partial charge in [0.25, 0.3) is 5.91 Å². The maximum Gasteiger partial charge on any atom is 0.426 e. The number of carbonyl (C=O) groups is 3. The number of carboxylic acid groups (broad SMARTS) is 1. The number of pyridine rings is 1. The van der Waals surface area contributed by atoms with E-state index in [9.17, 15) is 37.5 Å². The second kappa shape index (κ2) is 11.9. The van der Waals surface area contributed by atoms with E-state index >= 15 is 0 Å². The first-order valence-corrected chi connectivity index (χ1v) is 11.8. The van der Waals surface area contributed by atoms with Gasteiger partial charge in [0.05, 0.1) is 5.69 Å². The molecule has 0 radical (unpaired) electrons. The predicted octanol–water partition coefficient (Wildman–Crippen LogP) is 4.26. The molecule has 0 bridgehead atoms. The highest BCUT2D eigenvalue weighted by atomic mass is 19.1. The van der Waals surface area contributed by atoms with Crippen LogP contribution in [0.3, 0.4) is 0 Å². The molecule has 3 N–H and O–H groups in total. The van der Waals surface area contributed by atoms with Gasteiger partial charge < -0.3 is 19.9 Å². The molecular weight excluding hydrogens is 535 g/mol. The fourth-order valence-electron chi connectivity index (χ4n) is 3.62. The zero-order chi connectivity index (χ0) is 29.8. The normalized spacial score (nSPS) is 11.1. The van der Waals surface area contributed by atoms with Gasteiger partial charge in [-0.1, -0.05) is 30.3 Å². The van der Waals surface area contributed by atoms with E-state index in [0.29, 0.717) is 22.4 Å². The van der Waals surface area contributed by atoms with E-state index in [1.807, 2.05) is 0 Å². The highest BCUT2D eigenvalue weighted by Gasteiger charge is 2.30. The summed E-state index contributed by atoms with van der Waals surface area (Å²) in [6.45, 7) is 4.78. The Morgan fingerprint density at radius 3 is 2.17 bits per heavy atom. The lowest BCUT2D eigenvalue weighted by Gasteiger charge is -2.24. The van der Waals surface area contributed by atoms with Crippen LogP contribution in [0.25, 0.3) is 0 Å². The van der Waals surface area contributed by atoms with Crippen LogP contribution in [0, 0.1) is 24.4 Å². The molecule has 2 aromatic carbocycles. The molecule has 1 aromatic heterocycles. The summed E-state index contributed by atoms with van der Waals surface area (Å²) in [5, 5.41) is 12.1. The van der Waals surface area contributed by atoms with Crippen molar-refractivity contribution < 1.29 is 42.1 Å². The van der Waals surface area contributed by atoms with Crippen molar-refractivity contribution in [2.45, 2.75) is 46.4 Å². The van der Waals surface area contributed by atoms with Crippen molar-refractivity contribution in [3.63, 3.8) is 0 Å². The van der Waals surface area contributed by atoms with Gasteiger partial charge in [0.2, 0.25) is 11.2 Å². The lowest BCUT2D eigenvalue weighted by molar-refractivity contribution is 0.0606. The van der Waals surface area contributed by atoms with Gasteiger partial charge in [-0.15, -0.1) is 0 Å². The highest BCUT2D eigenvalue weighted by Crippen LogP contribution is 2.21. The van der Waals surface area contributed by atoms with Gasteiger partial charge in [-0.2, -0.15) is 0 Å². The number of aromatic nitrogens is 1. The minimum atomic E-state index is -1.68. The van der Waals surface area contributed by atoms with E-state index in [4.69, 9.17) is 9.47 Å². The second-order valence-corrected chi connectivity index (χ2v) is 9.53. The maximum absolute atomic E-state index is 14.1. The van der Waals surface area contributed by atoms with Crippen molar-refractivity contribution in [2.24, 2.45) is 0 Å². The van der Waals surface area contributed by atoms with Crippen molar-refractivity contribution in [3.8, 4) is 5.75 Å². The monoisotopic (exact) mass is 561 g/mol. The van der Waals surface area contributed by atoms with Gasteiger partial charge in [0, 0.05) is 24.2 Å². The van der Waals surface area contributed by atoms with Crippen molar-refractivity contribution in [1.82, 2.24) is 9.99 Å². The third kappa shape index (κ3) is 6.98. The van der Waals surface area contributed by atoms with E-state index in [-0.39, 0.29) is 12.3 Å².